The first kappa shape index (κ1) is 12.0. The van der Waals surface area contributed by atoms with E-state index in [2.05, 4.69) is 9.47 Å². The van der Waals surface area contributed by atoms with Crippen LogP contribution in [0.2, 0.25) is 0 Å². The largest absolute Gasteiger partial charge is 0.507 e. The van der Waals surface area contributed by atoms with Crippen molar-refractivity contribution in [1.82, 2.24) is 0 Å². The molecular weight excluding hydrogens is 398 g/mol. The Morgan fingerprint density at radius 1 is 1.25 bits per heavy atom. The minimum Gasteiger partial charge on any atom is -0.450 e. The van der Waals surface area contributed by atoms with Crippen molar-refractivity contribution < 1.29 is 29.3 Å². The maximum atomic E-state index is 10.0. The Morgan fingerprint density at radius 3 is 2.08 bits per heavy atom. The molecule has 0 radical (unpaired) electrons. The van der Waals surface area contributed by atoms with E-state index in [1.165, 1.54) is 0 Å². The second kappa shape index (κ2) is 4.89. The zero-order valence-electron chi connectivity index (χ0n) is 5.49. The summed E-state index contributed by atoms with van der Waals surface area (Å²) in [6.07, 6.45) is -2.95. The number of rotatable bonds is 3. The van der Waals surface area contributed by atoms with Gasteiger partial charge in [-0.25, -0.2) is 9.59 Å². The van der Waals surface area contributed by atoms with Gasteiger partial charge >= 0.3 is 12.3 Å². The molecule has 6 nitrogen and oxygen atoms in total. The minimum atomic E-state index is -1.48. The summed E-state index contributed by atoms with van der Waals surface area (Å²) in [6.45, 7) is -0.351. The second-order valence-electron chi connectivity index (χ2n) is 1.56. The lowest BCUT2D eigenvalue weighted by molar-refractivity contribution is 0.0358. The number of halogens is 2. The Bertz CT molecular complexity index is 190. The summed E-state index contributed by atoms with van der Waals surface area (Å²) >= 11 is 3.24. The van der Waals surface area contributed by atoms with Gasteiger partial charge in [-0.05, 0) is 45.2 Å². The molecule has 0 aromatic carbocycles. The summed E-state index contributed by atoms with van der Waals surface area (Å²) in [6, 6.07) is 0. The first-order valence-electron chi connectivity index (χ1n) is 2.49. The monoisotopic (exact) mass is 402 g/mol. The molecule has 0 heterocycles. The highest BCUT2D eigenvalue weighted by Crippen LogP contribution is 2.29. The Labute approximate surface area is 94.5 Å². The average molecular weight is 402 g/mol. The zero-order chi connectivity index (χ0) is 9.78. The number of hydrogen-bond acceptors (Lipinski definition) is 4. The van der Waals surface area contributed by atoms with Gasteiger partial charge in [0.25, 0.3) is 0 Å². The van der Waals surface area contributed by atoms with Crippen molar-refractivity contribution in [3.05, 3.63) is 0 Å². The Hall–Kier alpha value is 0. The van der Waals surface area contributed by atoms with Crippen LogP contribution in [0, 0.1) is 0 Å². The van der Waals surface area contributed by atoms with Crippen molar-refractivity contribution in [3.63, 3.8) is 0 Å². The van der Waals surface area contributed by atoms with Gasteiger partial charge in [-0.2, -0.15) is 0 Å². The lowest BCUT2D eigenvalue weighted by atomic mass is 10.8. The Balaban J connectivity index is 3.86. The molecular formula is C4H4I2O6. The van der Waals surface area contributed by atoms with Crippen molar-refractivity contribution in [2.45, 2.75) is 1.61 Å². The van der Waals surface area contributed by atoms with E-state index < -0.39 is 13.9 Å². The van der Waals surface area contributed by atoms with Gasteiger partial charge in [0.05, 0.1) is 0 Å². The minimum absolute atomic E-state index is 0.351. The molecule has 0 rings (SSSR count). The van der Waals surface area contributed by atoms with Gasteiger partial charge in [0.1, 0.15) is 0 Å². The van der Waals surface area contributed by atoms with Crippen molar-refractivity contribution >= 4 is 57.5 Å². The summed E-state index contributed by atoms with van der Waals surface area (Å²) in [4.78, 5) is 19.9. The molecule has 0 saturated heterocycles. The predicted molar refractivity (Wildman–Crippen MR) is 53.9 cm³/mol. The van der Waals surface area contributed by atoms with E-state index in [1.807, 2.05) is 0 Å². The molecule has 0 aliphatic carbocycles. The fourth-order valence-electron chi connectivity index (χ4n) is 0.303. The predicted octanol–water partition coefficient (Wildman–Crippen LogP) is 1.90. The highest BCUT2D eigenvalue weighted by molar-refractivity contribution is 14.2. The average Bonchev–Trinajstić information content (AvgIpc) is 1.81. The third-order valence-electron chi connectivity index (χ3n) is 0.600. The van der Waals surface area contributed by atoms with Crippen LogP contribution in [0.3, 0.4) is 0 Å². The van der Waals surface area contributed by atoms with E-state index in [4.69, 9.17) is 10.2 Å². The molecule has 8 heteroatoms. The quantitative estimate of drug-likeness (QED) is 0.426. The topological polar surface area (TPSA) is 93.1 Å². The van der Waals surface area contributed by atoms with Crippen molar-refractivity contribution in [2.24, 2.45) is 0 Å². The van der Waals surface area contributed by atoms with Crippen molar-refractivity contribution in [3.8, 4) is 0 Å². The smallest absolute Gasteiger partial charge is 0.450 e. The molecule has 0 bridgehead atoms. The highest BCUT2D eigenvalue weighted by atomic mass is 127. The highest BCUT2D eigenvalue weighted by Gasteiger charge is 2.29. The molecule has 0 unspecified atom stereocenters. The van der Waals surface area contributed by atoms with Gasteiger partial charge in [-0.3, -0.25) is 0 Å². The summed E-state index contributed by atoms with van der Waals surface area (Å²) in [5.74, 6) is 0. The van der Waals surface area contributed by atoms with Gasteiger partial charge in [-0.15, -0.1) is 0 Å². The van der Waals surface area contributed by atoms with E-state index in [1.54, 1.807) is 45.2 Å². The van der Waals surface area contributed by atoms with Crippen LogP contribution in [0.4, 0.5) is 9.59 Å². The lowest BCUT2D eigenvalue weighted by Crippen LogP contribution is -2.27. The fraction of sp³-hybridized carbons (Fsp3) is 0.500. The normalized spacial score (nSPS) is 10.5. The van der Waals surface area contributed by atoms with Crippen LogP contribution in [0.5, 0.6) is 0 Å². The van der Waals surface area contributed by atoms with E-state index >= 15 is 0 Å². The van der Waals surface area contributed by atoms with Crippen molar-refractivity contribution in [1.29, 1.82) is 0 Å². The number of carbonyl (C=O) groups is 2. The zero-order valence-corrected chi connectivity index (χ0v) is 9.81. The molecule has 0 amide bonds. The molecule has 0 spiro atoms. The maximum absolute atomic E-state index is 10.0. The molecule has 0 fully saturated rings. The summed E-state index contributed by atoms with van der Waals surface area (Å²) in [5.41, 5.74) is 0. The van der Waals surface area contributed by atoms with Crippen LogP contribution in [-0.4, -0.2) is 30.7 Å². The van der Waals surface area contributed by atoms with Gasteiger partial charge in [-0.1, -0.05) is 0 Å². The number of carboxylic acid groups (broad SMARTS) is 2. The first-order valence-corrected chi connectivity index (χ1v) is 4.65. The Kier molecular flexibility index (Phi) is 4.89. The second-order valence-corrected chi connectivity index (χ2v) is 7.11. The molecule has 0 aromatic rings. The van der Waals surface area contributed by atoms with Crippen LogP contribution in [0.25, 0.3) is 0 Å². The van der Waals surface area contributed by atoms with Gasteiger partial charge in [0.2, 0.25) is 1.61 Å². The first-order chi connectivity index (χ1) is 5.33. The van der Waals surface area contributed by atoms with Crippen molar-refractivity contribution in [2.75, 3.05) is 6.61 Å². The van der Waals surface area contributed by atoms with E-state index in [-0.39, 0.29) is 6.61 Å². The molecule has 70 valence electrons. The molecule has 0 atom stereocenters. The van der Waals surface area contributed by atoms with E-state index in [0.717, 1.165) is 0 Å². The van der Waals surface area contributed by atoms with Gasteiger partial charge in [0, 0.05) is 0 Å². The number of hydrogen-bond donors (Lipinski definition) is 2. The fourth-order valence-corrected chi connectivity index (χ4v) is 0.991. The third-order valence-corrected chi connectivity index (χ3v) is 1.66. The summed E-state index contributed by atoms with van der Waals surface area (Å²) in [5, 5.41) is 16.3. The number of ether oxygens (including phenoxy) is 2. The van der Waals surface area contributed by atoms with Gasteiger partial charge in [0.15, 0.2) is 6.61 Å². The SMILES string of the molecule is O=C(O)OCC(I)(I)OC(=O)O. The van der Waals surface area contributed by atoms with E-state index in [9.17, 15) is 9.59 Å². The standard InChI is InChI=1S/C4H4I2O6/c5-4(6,12-3(9)10)1-11-2(7)8/h1H2,(H,7,8)(H,9,10). The molecule has 0 aliphatic rings. The van der Waals surface area contributed by atoms with Crippen LogP contribution in [0.15, 0.2) is 0 Å². The molecule has 0 aromatic heterocycles. The third kappa shape index (κ3) is 6.69. The summed E-state index contributed by atoms with van der Waals surface area (Å²) in [7, 11) is 0. The van der Waals surface area contributed by atoms with Crippen LogP contribution < -0.4 is 0 Å². The van der Waals surface area contributed by atoms with Crippen LogP contribution in [0.1, 0.15) is 0 Å². The molecule has 2 N–H and O–H groups in total. The van der Waals surface area contributed by atoms with Crippen LogP contribution in [-0.2, 0) is 9.47 Å². The molecule has 12 heavy (non-hydrogen) atoms. The van der Waals surface area contributed by atoms with Crippen LogP contribution >= 0.6 is 45.2 Å². The van der Waals surface area contributed by atoms with Gasteiger partial charge < -0.3 is 19.7 Å². The maximum Gasteiger partial charge on any atom is 0.507 e. The lowest BCUT2D eigenvalue weighted by Gasteiger charge is -2.17. The summed E-state index contributed by atoms with van der Waals surface area (Å²) < 4.78 is 7.20. The number of alkyl halides is 2. The Morgan fingerprint density at radius 2 is 1.75 bits per heavy atom. The molecule has 0 saturated carbocycles. The molecule has 0 aliphatic heterocycles. The van der Waals surface area contributed by atoms with E-state index in [0.29, 0.717) is 0 Å².